The van der Waals surface area contributed by atoms with Gasteiger partial charge < -0.3 is 29.6 Å². The van der Waals surface area contributed by atoms with E-state index in [-0.39, 0.29) is 6.79 Å². The number of nitrogens with one attached hydrogen (secondary N) is 2. The molecule has 8 nitrogen and oxygen atoms in total. The lowest BCUT2D eigenvalue weighted by Crippen LogP contribution is -2.39. The zero-order valence-electron chi connectivity index (χ0n) is 17.9. The molecular formula is C23H30N4O4. The molecule has 2 aromatic rings. The molecule has 0 spiro atoms. The average molecular weight is 427 g/mol. The van der Waals surface area contributed by atoms with Crippen LogP contribution in [0.25, 0.3) is 0 Å². The SMILES string of the molecule is CN=C(NCCOc1ccc2c(c1)OCO2)NCc1ccccc1CN1CCOCC1. The van der Waals surface area contributed by atoms with Gasteiger partial charge in [-0.2, -0.15) is 0 Å². The summed E-state index contributed by atoms with van der Waals surface area (Å²) in [6.07, 6.45) is 0. The summed E-state index contributed by atoms with van der Waals surface area (Å²) in [6, 6.07) is 14.1. The third-order valence-corrected chi connectivity index (χ3v) is 5.29. The minimum absolute atomic E-state index is 0.262. The lowest BCUT2D eigenvalue weighted by molar-refractivity contribution is 0.0341. The third-order valence-electron chi connectivity index (χ3n) is 5.29. The predicted molar refractivity (Wildman–Crippen MR) is 119 cm³/mol. The minimum atomic E-state index is 0.262. The van der Waals surface area contributed by atoms with Crippen LogP contribution >= 0.6 is 0 Å². The van der Waals surface area contributed by atoms with Crippen molar-refractivity contribution in [3.8, 4) is 17.2 Å². The molecule has 1 saturated heterocycles. The molecule has 2 heterocycles. The van der Waals surface area contributed by atoms with Gasteiger partial charge in [-0.1, -0.05) is 24.3 Å². The number of guanidine groups is 1. The molecule has 0 amide bonds. The Hall–Kier alpha value is -2.97. The van der Waals surface area contributed by atoms with Crippen molar-refractivity contribution in [2.75, 3.05) is 53.3 Å². The predicted octanol–water partition coefficient (Wildman–Crippen LogP) is 1.99. The molecule has 4 rings (SSSR count). The number of nitrogens with zero attached hydrogens (tertiary/aromatic N) is 2. The van der Waals surface area contributed by atoms with E-state index in [1.807, 2.05) is 18.2 Å². The van der Waals surface area contributed by atoms with Gasteiger partial charge in [0.2, 0.25) is 6.79 Å². The maximum atomic E-state index is 5.80. The van der Waals surface area contributed by atoms with Crippen molar-refractivity contribution >= 4 is 5.96 Å². The molecule has 0 unspecified atom stereocenters. The highest BCUT2D eigenvalue weighted by Gasteiger charge is 2.14. The molecule has 31 heavy (non-hydrogen) atoms. The average Bonchev–Trinajstić information content (AvgIpc) is 3.28. The summed E-state index contributed by atoms with van der Waals surface area (Å²) in [7, 11) is 1.77. The molecule has 0 aliphatic carbocycles. The lowest BCUT2D eigenvalue weighted by Gasteiger charge is -2.27. The molecule has 166 valence electrons. The summed E-state index contributed by atoms with van der Waals surface area (Å²) < 4.78 is 21.9. The van der Waals surface area contributed by atoms with Gasteiger partial charge in [-0.05, 0) is 23.3 Å². The second-order valence-corrected chi connectivity index (χ2v) is 7.37. The van der Waals surface area contributed by atoms with Gasteiger partial charge in [0.05, 0.1) is 19.8 Å². The first kappa shape index (κ1) is 21.3. The molecule has 0 atom stereocenters. The Bertz CT molecular complexity index is 884. The highest BCUT2D eigenvalue weighted by molar-refractivity contribution is 5.79. The van der Waals surface area contributed by atoms with E-state index in [0.717, 1.165) is 56.1 Å². The van der Waals surface area contributed by atoms with E-state index in [1.165, 1.54) is 11.1 Å². The van der Waals surface area contributed by atoms with Gasteiger partial charge in [0.15, 0.2) is 17.5 Å². The zero-order valence-corrected chi connectivity index (χ0v) is 17.9. The first-order valence-electron chi connectivity index (χ1n) is 10.7. The molecule has 0 radical (unpaired) electrons. The molecule has 2 N–H and O–H groups in total. The number of aliphatic imine (C=N–C) groups is 1. The van der Waals surface area contributed by atoms with Crippen molar-refractivity contribution in [1.82, 2.24) is 15.5 Å². The van der Waals surface area contributed by atoms with Crippen LogP contribution in [0.5, 0.6) is 17.2 Å². The number of fused-ring (bicyclic) bond motifs is 1. The fourth-order valence-corrected chi connectivity index (χ4v) is 3.59. The van der Waals surface area contributed by atoms with E-state index < -0.39 is 0 Å². The molecular weight excluding hydrogens is 396 g/mol. The first-order valence-corrected chi connectivity index (χ1v) is 10.7. The van der Waals surface area contributed by atoms with Crippen LogP contribution in [-0.2, 0) is 17.8 Å². The van der Waals surface area contributed by atoms with Crippen molar-refractivity contribution in [2.24, 2.45) is 4.99 Å². The summed E-state index contributed by atoms with van der Waals surface area (Å²) >= 11 is 0. The molecule has 0 aromatic heterocycles. The minimum Gasteiger partial charge on any atom is -0.492 e. The van der Waals surface area contributed by atoms with E-state index in [9.17, 15) is 0 Å². The van der Waals surface area contributed by atoms with Gasteiger partial charge in [0.1, 0.15) is 12.4 Å². The Morgan fingerprint density at radius 1 is 1.03 bits per heavy atom. The third kappa shape index (κ3) is 6.02. The van der Waals surface area contributed by atoms with Crippen LogP contribution in [0.15, 0.2) is 47.5 Å². The standard InChI is InChI=1S/C23H30N4O4/c1-24-23(25-8-11-29-20-6-7-21-22(14-20)31-17-30-21)26-15-18-4-2-3-5-19(18)16-27-9-12-28-13-10-27/h2-7,14H,8-13,15-17H2,1H3,(H2,24,25,26). The van der Waals surface area contributed by atoms with E-state index in [4.69, 9.17) is 18.9 Å². The van der Waals surface area contributed by atoms with Crippen molar-refractivity contribution in [3.05, 3.63) is 53.6 Å². The Morgan fingerprint density at radius 2 is 1.84 bits per heavy atom. The molecule has 2 aliphatic heterocycles. The molecule has 2 aliphatic rings. The van der Waals surface area contributed by atoms with Crippen LogP contribution < -0.4 is 24.8 Å². The van der Waals surface area contributed by atoms with Crippen LogP contribution in [-0.4, -0.2) is 64.2 Å². The van der Waals surface area contributed by atoms with Crippen molar-refractivity contribution < 1.29 is 18.9 Å². The number of ether oxygens (including phenoxy) is 4. The lowest BCUT2D eigenvalue weighted by atomic mass is 10.1. The zero-order chi connectivity index (χ0) is 21.3. The van der Waals surface area contributed by atoms with E-state index in [2.05, 4.69) is 44.8 Å². The highest BCUT2D eigenvalue weighted by atomic mass is 16.7. The smallest absolute Gasteiger partial charge is 0.231 e. The second kappa shape index (κ2) is 10.9. The Morgan fingerprint density at radius 3 is 2.68 bits per heavy atom. The van der Waals surface area contributed by atoms with Crippen LogP contribution in [0.1, 0.15) is 11.1 Å². The van der Waals surface area contributed by atoms with Gasteiger partial charge in [-0.3, -0.25) is 9.89 Å². The monoisotopic (exact) mass is 426 g/mol. The summed E-state index contributed by atoms with van der Waals surface area (Å²) in [5.74, 6) is 2.98. The number of benzene rings is 2. The molecule has 0 bridgehead atoms. The van der Waals surface area contributed by atoms with Crippen LogP contribution in [0.4, 0.5) is 0 Å². The maximum absolute atomic E-state index is 5.80. The first-order chi connectivity index (χ1) is 15.3. The summed E-state index contributed by atoms with van der Waals surface area (Å²) in [5.41, 5.74) is 2.60. The molecule has 2 aromatic carbocycles. The fraction of sp³-hybridized carbons (Fsp3) is 0.435. The number of rotatable bonds is 8. The van der Waals surface area contributed by atoms with Crippen LogP contribution in [0.2, 0.25) is 0 Å². The summed E-state index contributed by atoms with van der Waals surface area (Å²) in [4.78, 5) is 6.75. The van der Waals surface area contributed by atoms with Gasteiger partial charge in [-0.25, -0.2) is 0 Å². The maximum Gasteiger partial charge on any atom is 0.231 e. The van der Waals surface area contributed by atoms with Crippen LogP contribution in [0, 0.1) is 0 Å². The van der Waals surface area contributed by atoms with Crippen molar-refractivity contribution in [1.29, 1.82) is 0 Å². The van der Waals surface area contributed by atoms with Gasteiger partial charge in [-0.15, -0.1) is 0 Å². The van der Waals surface area contributed by atoms with E-state index >= 15 is 0 Å². The summed E-state index contributed by atoms with van der Waals surface area (Å²) in [6.45, 7) is 6.63. The van der Waals surface area contributed by atoms with E-state index in [1.54, 1.807) is 7.05 Å². The van der Waals surface area contributed by atoms with Crippen molar-refractivity contribution in [2.45, 2.75) is 13.1 Å². The number of morpholine rings is 1. The quantitative estimate of drug-likeness (QED) is 0.380. The topological polar surface area (TPSA) is 76.6 Å². The fourth-order valence-electron chi connectivity index (χ4n) is 3.59. The molecule has 0 saturated carbocycles. The second-order valence-electron chi connectivity index (χ2n) is 7.37. The normalized spacial score (nSPS) is 16.2. The number of hydrogen-bond donors (Lipinski definition) is 2. The summed E-state index contributed by atoms with van der Waals surface area (Å²) in [5, 5.41) is 6.69. The van der Waals surface area contributed by atoms with Crippen LogP contribution in [0.3, 0.4) is 0 Å². The largest absolute Gasteiger partial charge is 0.492 e. The molecule has 1 fully saturated rings. The van der Waals surface area contributed by atoms with Gasteiger partial charge >= 0.3 is 0 Å². The molecule has 8 heteroatoms. The van der Waals surface area contributed by atoms with Crippen molar-refractivity contribution in [3.63, 3.8) is 0 Å². The Balaban J connectivity index is 1.22. The Kier molecular flexibility index (Phi) is 7.46. The number of hydrogen-bond acceptors (Lipinski definition) is 6. The Labute approximate surface area is 183 Å². The van der Waals surface area contributed by atoms with E-state index in [0.29, 0.717) is 19.7 Å². The van der Waals surface area contributed by atoms with Gasteiger partial charge in [0.25, 0.3) is 0 Å². The van der Waals surface area contributed by atoms with Gasteiger partial charge in [0, 0.05) is 39.3 Å². The highest BCUT2D eigenvalue weighted by Crippen LogP contribution is 2.34.